The van der Waals surface area contributed by atoms with Gasteiger partial charge in [-0.3, -0.25) is 4.74 Å². The van der Waals surface area contributed by atoms with Crippen molar-refractivity contribution in [2.75, 3.05) is 0 Å². The van der Waals surface area contributed by atoms with E-state index >= 15 is 0 Å². The maximum Gasteiger partial charge on any atom is 0.471 e. The third-order valence-electron chi connectivity index (χ3n) is 1.99. The third-order valence-corrected chi connectivity index (χ3v) is 4.02. The van der Waals surface area contributed by atoms with Crippen LogP contribution >= 0.6 is 58.0 Å². The minimum absolute atomic E-state index is 0.0105. The summed E-state index contributed by atoms with van der Waals surface area (Å²) in [6, 6.07) is 2.72. The maximum absolute atomic E-state index is 13.6. The fraction of sp³-hybridized carbons (Fsp3) is 0.333. The van der Waals surface area contributed by atoms with Crippen molar-refractivity contribution in [2.24, 2.45) is 0 Å². The van der Waals surface area contributed by atoms with E-state index in [2.05, 4.69) is 8.92 Å². The molecule has 0 N–H and O–H groups in total. The molecule has 0 heterocycles. The molecule has 1 rings (SSSR count). The highest BCUT2D eigenvalue weighted by molar-refractivity contribution is 7.88. The predicted octanol–water partition coefficient (Wildman–Crippen LogP) is 5.23. The second kappa shape index (κ2) is 6.78. The summed E-state index contributed by atoms with van der Waals surface area (Å²) in [5.41, 5.74) is 0. The molecule has 1 aromatic rings. The van der Waals surface area contributed by atoms with Gasteiger partial charge in [0.2, 0.25) is 0 Å². The molecule has 4 nitrogen and oxygen atoms in total. The Morgan fingerprint density at radius 3 is 1.96 bits per heavy atom. The van der Waals surface area contributed by atoms with Crippen LogP contribution in [-0.2, 0) is 14.9 Å². The molecule has 0 unspecified atom stereocenters. The molecule has 1 aromatic carbocycles. The van der Waals surface area contributed by atoms with Crippen molar-refractivity contribution in [1.29, 1.82) is 0 Å². The molecule has 0 atom stereocenters. The number of halogens is 9. The van der Waals surface area contributed by atoms with Crippen LogP contribution in [0.4, 0.5) is 17.6 Å². The summed E-state index contributed by atoms with van der Waals surface area (Å²) in [5, 5.41) is -6.42. The van der Waals surface area contributed by atoms with Crippen LogP contribution < -0.4 is 4.18 Å². The van der Waals surface area contributed by atoms with E-state index in [1.54, 1.807) is 0 Å². The summed E-state index contributed by atoms with van der Waals surface area (Å²) >= 11 is 25.4. The van der Waals surface area contributed by atoms with Gasteiger partial charge in [-0.25, -0.2) is 0 Å². The molecule has 0 saturated heterocycles. The van der Waals surface area contributed by atoms with E-state index in [1.165, 1.54) is 0 Å². The van der Waals surface area contributed by atoms with Gasteiger partial charge in [0.05, 0.1) is 5.02 Å². The van der Waals surface area contributed by atoms with Gasteiger partial charge in [0.15, 0.2) is 5.75 Å². The molecule has 132 valence electrons. The Balaban J connectivity index is 3.19. The molecule has 0 radical (unpaired) electrons. The molecule has 0 aliphatic rings. The minimum Gasteiger partial charge on any atom is -0.376 e. The van der Waals surface area contributed by atoms with E-state index < -0.39 is 36.2 Å². The normalized spacial score (nSPS) is 14.0. The van der Waals surface area contributed by atoms with Crippen molar-refractivity contribution in [3.63, 3.8) is 0 Å². The molecule has 0 bridgehead atoms. The number of rotatable bonds is 5. The van der Waals surface area contributed by atoms with Crippen molar-refractivity contribution in [1.82, 2.24) is 0 Å². The zero-order chi connectivity index (χ0) is 18.3. The molecule has 0 aromatic heterocycles. The molecular weight excluding hydrogens is 457 g/mol. The van der Waals surface area contributed by atoms with Crippen LogP contribution in [0, 0.1) is 0 Å². The number of alkyl halides is 7. The van der Waals surface area contributed by atoms with Crippen LogP contribution in [0.15, 0.2) is 18.2 Å². The average molecular weight is 460 g/mol. The lowest BCUT2D eigenvalue weighted by atomic mass is 10.3. The summed E-state index contributed by atoms with van der Waals surface area (Å²) in [7, 11) is -6.29. The van der Waals surface area contributed by atoms with Gasteiger partial charge in [-0.15, -0.1) is 0 Å². The van der Waals surface area contributed by atoms with Gasteiger partial charge in [0.25, 0.3) is 0 Å². The van der Waals surface area contributed by atoms with Crippen molar-refractivity contribution in [3.05, 3.63) is 28.2 Å². The third kappa shape index (κ3) is 5.04. The second-order valence-electron chi connectivity index (χ2n) is 3.69. The number of ether oxygens (including phenoxy) is 1. The summed E-state index contributed by atoms with van der Waals surface area (Å²) in [6.07, 6.45) is -5.73. The van der Waals surface area contributed by atoms with Gasteiger partial charge >= 0.3 is 25.5 Å². The van der Waals surface area contributed by atoms with Crippen molar-refractivity contribution >= 4 is 68.1 Å². The lowest BCUT2D eigenvalue weighted by Crippen LogP contribution is -2.52. The Labute approximate surface area is 152 Å². The smallest absolute Gasteiger partial charge is 0.376 e. The lowest BCUT2D eigenvalue weighted by Gasteiger charge is -2.27. The lowest BCUT2D eigenvalue weighted by molar-refractivity contribution is -0.321. The largest absolute Gasteiger partial charge is 0.471 e. The van der Waals surface area contributed by atoms with Gasteiger partial charge in [-0.1, -0.05) is 58.0 Å². The molecule has 0 saturated carbocycles. The van der Waals surface area contributed by atoms with Crippen LogP contribution in [0.2, 0.25) is 10.0 Å². The molecule has 0 aliphatic heterocycles. The van der Waals surface area contributed by atoms with Crippen LogP contribution in [-0.4, -0.2) is 23.8 Å². The molecule has 0 amide bonds. The standard InChI is InChI=1S/C9H3Cl5F4O4S/c10-4-1-2-6(5(11)3-4)21-23(19,20)8(17,18)7(15,16)22-9(12,13)14/h1-3H. The highest BCUT2D eigenvalue weighted by Crippen LogP contribution is 2.46. The molecule has 0 spiro atoms. The topological polar surface area (TPSA) is 52.6 Å². The van der Waals surface area contributed by atoms with Gasteiger partial charge in [0, 0.05) is 5.02 Å². The summed E-state index contributed by atoms with van der Waals surface area (Å²) in [6.45, 7) is 0. The SMILES string of the molecule is O=S(=O)(Oc1ccc(Cl)cc1Cl)C(F)(F)C(F)(F)OC(Cl)(Cl)Cl. The van der Waals surface area contributed by atoms with E-state index in [0.717, 1.165) is 18.2 Å². The number of benzene rings is 1. The van der Waals surface area contributed by atoms with Crippen LogP contribution in [0.25, 0.3) is 0 Å². The Bertz CT molecular complexity index is 692. The number of hydrogen-bond acceptors (Lipinski definition) is 4. The molecule has 0 fully saturated rings. The zero-order valence-electron chi connectivity index (χ0n) is 10.2. The van der Waals surface area contributed by atoms with E-state index in [4.69, 9.17) is 58.0 Å². The Kier molecular flexibility index (Phi) is 6.23. The minimum atomic E-state index is -6.29. The fourth-order valence-corrected chi connectivity index (χ4v) is 2.67. The Morgan fingerprint density at radius 2 is 1.52 bits per heavy atom. The van der Waals surface area contributed by atoms with Crippen molar-refractivity contribution < 1.29 is 34.9 Å². The van der Waals surface area contributed by atoms with Crippen LogP contribution in [0.1, 0.15) is 0 Å². The van der Waals surface area contributed by atoms with Crippen molar-refractivity contribution in [2.45, 2.75) is 15.3 Å². The molecule has 0 aliphatic carbocycles. The highest BCUT2D eigenvalue weighted by atomic mass is 35.6. The summed E-state index contributed by atoms with van der Waals surface area (Å²) in [5.74, 6) is -0.875. The highest BCUT2D eigenvalue weighted by Gasteiger charge is 2.71. The first-order chi connectivity index (χ1) is 10.1. The quantitative estimate of drug-likeness (QED) is 0.343. The molecule has 14 heteroatoms. The molecular formula is C9H3Cl5F4O4S. The Morgan fingerprint density at radius 1 is 1.00 bits per heavy atom. The second-order valence-corrected chi connectivity index (χ2v) is 8.30. The van der Waals surface area contributed by atoms with Crippen LogP contribution in [0.3, 0.4) is 0 Å². The van der Waals surface area contributed by atoms with Gasteiger partial charge < -0.3 is 4.18 Å². The van der Waals surface area contributed by atoms with E-state index in [0.29, 0.717) is 0 Å². The monoisotopic (exact) mass is 458 g/mol. The van der Waals surface area contributed by atoms with Crippen LogP contribution in [0.5, 0.6) is 5.75 Å². The van der Waals surface area contributed by atoms with Gasteiger partial charge in [-0.05, 0) is 18.2 Å². The summed E-state index contributed by atoms with van der Waals surface area (Å²) < 4.78 is 80.4. The first-order valence-corrected chi connectivity index (χ1v) is 8.30. The predicted molar refractivity (Wildman–Crippen MR) is 77.3 cm³/mol. The van der Waals surface area contributed by atoms with E-state index in [-0.39, 0.29) is 5.02 Å². The van der Waals surface area contributed by atoms with Gasteiger partial charge in [-0.2, -0.15) is 26.0 Å². The van der Waals surface area contributed by atoms with E-state index in [9.17, 15) is 26.0 Å². The Hall–Kier alpha value is 0.1000. The molecule has 23 heavy (non-hydrogen) atoms. The zero-order valence-corrected chi connectivity index (χ0v) is 14.8. The maximum atomic E-state index is 13.6. The average Bonchev–Trinajstić information content (AvgIpc) is 2.29. The first kappa shape index (κ1) is 21.1. The van der Waals surface area contributed by atoms with E-state index in [1.807, 2.05) is 0 Å². The van der Waals surface area contributed by atoms with Crippen molar-refractivity contribution in [3.8, 4) is 5.75 Å². The summed E-state index contributed by atoms with van der Waals surface area (Å²) in [4.78, 5) is 0. The number of hydrogen-bond donors (Lipinski definition) is 0. The fourth-order valence-electron chi connectivity index (χ4n) is 1.06. The van der Waals surface area contributed by atoms with Gasteiger partial charge in [0.1, 0.15) is 0 Å². The first-order valence-electron chi connectivity index (χ1n) is 5.01.